The van der Waals surface area contributed by atoms with Crippen LogP contribution in [0.1, 0.15) is 11.1 Å². The van der Waals surface area contributed by atoms with Crippen LogP contribution >= 0.6 is 11.6 Å². The van der Waals surface area contributed by atoms with Crippen LogP contribution in [0.2, 0.25) is 5.02 Å². The van der Waals surface area contributed by atoms with Crippen LogP contribution in [0.25, 0.3) is 0 Å². The summed E-state index contributed by atoms with van der Waals surface area (Å²) in [5.41, 5.74) is -3.05. The van der Waals surface area contributed by atoms with E-state index in [0.717, 1.165) is 24.3 Å². The van der Waals surface area contributed by atoms with E-state index >= 15 is 0 Å². The first-order chi connectivity index (χ1) is 12.0. The Labute approximate surface area is 149 Å². The van der Waals surface area contributed by atoms with Crippen molar-refractivity contribution in [3.63, 3.8) is 0 Å². The molecule has 26 heavy (non-hydrogen) atoms. The number of hydrogen-bond acceptors (Lipinski definition) is 2. The van der Waals surface area contributed by atoms with Gasteiger partial charge in [0.1, 0.15) is 0 Å². The van der Waals surface area contributed by atoms with Crippen molar-refractivity contribution in [1.82, 2.24) is 0 Å². The van der Waals surface area contributed by atoms with E-state index in [9.17, 15) is 31.1 Å². The van der Waals surface area contributed by atoms with Crippen molar-refractivity contribution in [2.45, 2.75) is 12.4 Å². The molecule has 0 bridgehead atoms. The lowest BCUT2D eigenvalue weighted by molar-refractivity contribution is -0.137. The first-order valence-corrected chi connectivity index (χ1v) is 7.43. The molecule has 0 atom stereocenters. The van der Waals surface area contributed by atoms with Gasteiger partial charge in [0.15, 0.2) is 0 Å². The van der Waals surface area contributed by atoms with Gasteiger partial charge in [0.2, 0.25) is 5.91 Å². The van der Waals surface area contributed by atoms with E-state index < -0.39 is 47.3 Å². The average Bonchev–Trinajstić information content (AvgIpc) is 2.52. The quantitative estimate of drug-likeness (QED) is 0.677. The van der Waals surface area contributed by atoms with E-state index in [1.165, 1.54) is 12.1 Å². The van der Waals surface area contributed by atoms with Crippen LogP contribution in [-0.2, 0) is 17.1 Å². The fraction of sp³-hybridized carbons (Fsp3) is 0.188. The van der Waals surface area contributed by atoms with Gasteiger partial charge >= 0.3 is 12.4 Å². The maximum atomic E-state index is 13.0. The van der Waals surface area contributed by atoms with Gasteiger partial charge in [0.25, 0.3) is 0 Å². The Morgan fingerprint density at radius 2 is 1.50 bits per heavy atom. The molecule has 3 nitrogen and oxygen atoms in total. The molecule has 0 saturated heterocycles. The van der Waals surface area contributed by atoms with Crippen LogP contribution in [-0.4, -0.2) is 12.5 Å². The molecule has 140 valence electrons. The van der Waals surface area contributed by atoms with Crippen LogP contribution < -0.4 is 10.6 Å². The zero-order valence-electron chi connectivity index (χ0n) is 12.8. The molecule has 0 unspecified atom stereocenters. The highest BCUT2D eigenvalue weighted by Gasteiger charge is 2.35. The molecule has 2 aromatic rings. The molecule has 0 radical (unpaired) electrons. The van der Waals surface area contributed by atoms with Crippen molar-refractivity contribution in [2.24, 2.45) is 0 Å². The first kappa shape index (κ1) is 19.9. The molecule has 10 heteroatoms. The summed E-state index contributed by atoms with van der Waals surface area (Å²) in [6, 6.07) is 7.17. The molecule has 0 aliphatic heterocycles. The predicted molar refractivity (Wildman–Crippen MR) is 85.0 cm³/mol. The summed E-state index contributed by atoms with van der Waals surface area (Å²) >= 11 is 5.54. The molecular formula is C16H11ClF6N2O. The van der Waals surface area contributed by atoms with Crippen LogP contribution in [0.4, 0.5) is 37.7 Å². The fourth-order valence-electron chi connectivity index (χ4n) is 2.11. The van der Waals surface area contributed by atoms with Gasteiger partial charge in [0.05, 0.1) is 23.4 Å². The van der Waals surface area contributed by atoms with Gasteiger partial charge in [-0.3, -0.25) is 4.79 Å². The molecule has 0 fully saturated rings. The molecular weight excluding hydrogens is 386 g/mol. The van der Waals surface area contributed by atoms with Crippen molar-refractivity contribution in [3.05, 3.63) is 58.6 Å². The topological polar surface area (TPSA) is 41.1 Å². The zero-order valence-corrected chi connectivity index (χ0v) is 13.6. The van der Waals surface area contributed by atoms with E-state index in [-0.39, 0.29) is 5.02 Å². The number of halogens is 7. The second kappa shape index (κ2) is 7.45. The molecule has 0 spiro atoms. The predicted octanol–water partition coefficient (Wildman–Crippen LogP) is 5.43. The minimum atomic E-state index is -4.72. The van der Waals surface area contributed by atoms with E-state index in [0.29, 0.717) is 6.07 Å². The number of anilines is 2. The van der Waals surface area contributed by atoms with Gasteiger partial charge in [-0.15, -0.1) is 0 Å². The van der Waals surface area contributed by atoms with Crippen molar-refractivity contribution in [2.75, 3.05) is 17.2 Å². The fourth-order valence-corrected chi connectivity index (χ4v) is 2.29. The van der Waals surface area contributed by atoms with Gasteiger partial charge in [-0.1, -0.05) is 23.7 Å². The monoisotopic (exact) mass is 396 g/mol. The van der Waals surface area contributed by atoms with Crippen LogP contribution in [0.5, 0.6) is 0 Å². The molecule has 0 aliphatic rings. The highest BCUT2D eigenvalue weighted by Crippen LogP contribution is 2.37. The zero-order chi connectivity index (χ0) is 19.5. The number of benzene rings is 2. The Balaban J connectivity index is 2.12. The van der Waals surface area contributed by atoms with Crippen LogP contribution in [0, 0.1) is 0 Å². The molecule has 2 rings (SSSR count). The lowest BCUT2D eigenvalue weighted by atomic mass is 10.1. The summed E-state index contributed by atoms with van der Waals surface area (Å²) < 4.78 is 77.5. The Bertz CT molecular complexity index is 804. The number of hydrogen-bond donors (Lipinski definition) is 2. The number of alkyl halides is 6. The number of rotatable bonds is 4. The van der Waals surface area contributed by atoms with E-state index in [4.69, 9.17) is 11.6 Å². The molecule has 0 aliphatic carbocycles. The van der Waals surface area contributed by atoms with Crippen molar-refractivity contribution >= 4 is 28.9 Å². The smallest absolute Gasteiger partial charge is 0.376 e. The Morgan fingerprint density at radius 3 is 2.12 bits per heavy atom. The van der Waals surface area contributed by atoms with Gasteiger partial charge in [0, 0.05) is 10.7 Å². The van der Waals surface area contributed by atoms with Gasteiger partial charge < -0.3 is 10.6 Å². The summed E-state index contributed by atoms with van der Waals surface area (Å²) in [6.07, 6.45) is -9.40. The maximum absolute atomic E-state index is 13.0. The maximum Gasteiger partial charge on any atom is 0.418 e. The number of carbonyl (C=O) groups is 1. The summed E-state index contributed by atoms with van der Waals surface area (Å²) in [6.45, 7) is -0.670. The number of para-hydroxylation sites is 1. The molecule has 0 saturated carbocycles. The van der Waals surface area contributed by atoms with Crippen molar-refractivity contribution < 1.29 is 31.1 Å². The van der Waals surface area contributed by atoms with Crippen LogP contribution in [0.3, 0.4) is 0 Å². The van der Waals surface area contributed by atoms with Gasteiger partial charge in [-0.2, -0.15) is 26.3 Å². The second-order valence-electron chi connectivity index (χ2n) is 5.13. The molecule has 0 heterocycles. The largest absolute Gasteiger partial charge is 0.418 e. The summed E-state index contributed by atoms with van der Waals surface area (Å²) in [7, 11) is 0. The van der Waals surface area contributed by atoms with E-state index in [1.807, 2.05) is 5.32 Å². The number of carbonyl (C=O) groups excluding carboxylic acids is 1. The minimum Gasteiger partial charge on any atom is -0.376 e. The number of amides is 1. The molecule has 2 N–H and O–H groups in total. The lowest BCUT2D eigenvalue weighted by Gasteiger charge is -2.16. The normalized spacial score (nSPS) is 12.0. The third-order valence-corrected chi connectivity index (χ3v) is 3.47. The molecule has 0 aromatic heterocycles. The number of nitrogens with one attached hydrogen (secondary N) is 2. The minimum absolute atomic E-state index is 0.147. The summed E-state index contributed by atoms with van der Waals surface area (Å²) in [4.78, 5) is 11.8. The first-order valence-electron chi connectivity index (χ1n) is 7.05. The highest BCUT2D eigenvalue weighted by atomic mass is 35.5. The molecule has 2 aromatic carbocycles. The van der Waals surface area contributed by atoms with E-state index in [2.05, 4.69) is 5.32 Å². The Hall–Kier alpha value is -2.42. The highest BCUT2D eigenvalue weighted by molar-refractivity contribution is 6.30. The SMILES string of the molecule is O=C(CNc1ccc(Cl)cc1C(F)(F)F)Nc1ccccc1C(F)(F)F. The lowest BCUT2D eigenvalue weighted by Crippen LogP contribution is -2.24. The third-order valence-electron chi connectivity index (χ3n) is 3.23. The third kappa shape index (κ3) is 5.04. The van der Waals surface area contributed by atoms with Crippen LogP contribution in [0.15, 0.2) is 42.5 Å². The van der Waals surface area contributed by atoms with Gasteiger partial charge in [-0.25, -0.2) is 0 Å². The summed E-state index contributed by atoms with van der Waals surface area (Å²) in [5, 5.41) is 4.13. The average molecular weight is 397 g/mol. The summed E-state index contributed by atoms with van der Waals surface area (Å²) in [5.74, 6) is -0.940. The Morgan fingerprint density at radius 1 is 0.885 bits per heavy atom. The van der Waals surface area contributed by atoms with Gasteiger partial charge in [-0.05, 0) is 30.3 Å². The second-order valence-corrected chi connectivity index (χ2v) is 5.57. The van der Waals surface area contributed by atoms with Crippen molar-refractivity contribution in [3.8, 4) is 0 Å². The molecule has 1 amide bonds. The standard InChI is InChI=1S/C16H11ClF6N2O/c17-9-5-6-12(11(7-9)16(21,22)23)24-8-14(26)25-13-4-2-1-3-10(13)15(18,19)20/h1-7,24H,8H2,(H,25,26). The van der Waals surface area contributed by atoms with E-state index in [1.54, 1.807) is 0 Å². The Kier molecular flexibility index (Phi) is 5.70. The van der Waals surface area contributed by atoms with Crippen molar-refractivity contribution in [1.29, 1.82) is 0 Å².